The van der Waals surface area contributed by atoms with E-state index < -0.39 is 0 Å². The largest absolute Gasteiger partial charge is 0.294 e. The molecule has 0 atom stereocenters. The average Bonchev–Trinajstić information content (AvgIpc) is 2.33. The number of Topliss-reactive ketones (excluding diaryl/α,β-unsaturated/α-hetero) is 1. The van der Waals surface area contributed by atoms with Crippen molar-refractivity contribution in [3.63, 3.8) is 0 Å². The van der Waals surface area contributed by atoms with Crippen LogP contribution in [0.5, 0.6) is 0 Å². The predicted octanol–water partition coefficient (Wildman–Crippen LogP) is 4.58. The van der Waals surface area contributed by atoms with Gasteiger partial charge >= 0.3 is 0 Å². The minimum Gasteiger partial charge on any atom is -0.294 e. The van der Waals surface area contributed by atoms with Gasteiger partial charge in [0.25, 0.3) is 0 Å². The number of halogens is 3. The van der Waals surface area contributed by atoms with Crippen molar-refractivity contribution in [1.82, 2.24) is 4.98 Å². The number of benzene rings is 1. The molecule has 0 saturated heterocycles. The summed E-state index contributed by atoms with van der Waals surface area (Å²) in [5.41, 5.74) is 1.24. The highest BCUT2D eigenvalue weighted by Gasteiger charge is 2.12. The van der Waals surface area contributed by atoms with Crippen molar-refractivity contribution in [2.24, 2.45) is 0 Å². The second-order valence-electron chi connectivity index (χ2n) is 3.69. The van der Waals surface area contributed by atoms with Crippen LogP contribution in [-0.2, 0) is 6.42 Å². The maximum Gasteiger partial charge on any atom is 0.168 e. The number of pyridine rings is 1. The SMILES string of the molecule is O=C(Cc1ccc(Br)cc1Cl)c1ccncc1Cl. The molecule has 0 amide bonds. The van der Waals surface area contributed by atoms with E-state index in [-0.39, 0.29) is 12.2 Å². The van der Waals surface area contributed by atoms with Gasteiger partial charge in [-0.2, -0.15) is 0 Å². The zero-order chi connectivity index (χ0) is 13.1. The number of ketones is 1. The van der Waals surface area contributed by atoms with Gasteiger partial charge in [-0.1, -0.05) is 45.2 Å². The van der Waals surface area contributed by atoms with Crippen LogP contribution in [0.1, 0.15) is 15.9 Å². The fourth-order valence-electron chi connectivity index (χ4n) is 1.53. The van der Waals surface area contributed by atoms with Crippen molar-refractivity contribution >= 4 is 44.9 Å². The Labute approximate surface area is 123 Å². The quantitative estimate of drug-likeness (QED) is 0.763. The molecule has 0 fully saturated rings. The maximum atomic E-state index is 12.1. The molecule has 0 saturated carbocycles. The van der Waals surface area contributed by atoms with Crippen LogP contribution >= 0.6 is 39.1 Å². The Bertz CT molecular complexity index is 601. The van der Waals surface area contributed by atoms with E-state index in [9.17, 15) is 4.79 Å². The van der Waals surface area contributed by atoms with Crippen molar-refractivity contribution in [3.05, 3.63) is 62.3 Å². The number of carbonyl (C=O) groups is 1. The van der Waals surface area contributed by atoms with Crippen LogP contribution in [-0.4, -0.2) is 10.8 Å². The lowest BCUT2D eigenvalue weighted by Gasteiger charge is -2.05. The highest BCUT2D eigenvalue weighted by molar-refractivity contribution is 9.10. The Hall–Kier alpha value is -0.900. The summed E-state index contributed by atoms with van der Waals surface area (Å²) in [5, 5.41) is 0.915. The standard InChI is InChI=1S/C13H8BrCl2NO/c14-9-2-1-8(11(15)6-9)5-13(18)10-3-4-17-7-12(10)16/h1-4,6-7H,5H2. The number of hydrogen-bond acceptors (Lipinski definition) is 2. The van der Waals surface area contributed by atoms with E-state index in [0.717, 1.165) is 10.0 Å². The van der Waals surface area contributed by atoms with E-state index in [1.54, 1.807) is 18.3 Å². The fourth-order valence-corrected chi connectivity index (χ4v) is 2.50. The third kappa shape index (κ3) is 3.10. The summed E-state index contributed by atoms with van der Waals surface area (Å²) >= 11 is 15.3. The number of carbonyl (C=O) groups excluding carboxylic acids is 1. The highest BCUT2D eigenvalue weighted by atomic mass is 79.9. The molecule has 92 valence electrons. The molecule has 0 unspecified atom stereocenters. The lowest BCUT2D eigenvalue weighted by atomic mass is 10.0. The molecule has 1 heterocycles. The number of rotatable bonds is 3. The van der Waals surface area contributed by atoms with E-state index >= 15 is 0 Å². The van der Waals surface area contributed by atoms with Crippen LogP contribution in [0.25, 0.3) is 0 Å². The van der Waals surface area contributed by atoms with Gasteiger partial charge in [-0.3, -0.25) is 9.78 Å². The zero-order valence-electron chi connectivity index (χ0n) is 9.16. The van der Waals surface area contributed by atoms with Crippen molar-refractivity contribution < 1.29 is 4.79 Å². The molecule has 2 nitrogen and oxygen atoms in total. The van der Waals surface area contributed by atoms with Crippen molar-refractivity contribution in [1.29, 1.82) is 0 Å². The first kappa shape index (κ1) is 13.5. The van der Waals surface area contributed by atoms with Crippen LogP contribution < -0.4 is 0 Å². The summed E-state index contributed by atoms with van der Waals surface area (Å²) in [6, 6.07) is 7.04. The molecule has 0 aliphatic rings. The first-order valence-corrected chi connectivity index (χ1v) is 6.69. The van der Waals surface area contributed by atoms with Crippen LogP contribution in [0.15, 0.2) is 41.1 Å². The molecule has 0 aliphatic carbocycles. The highest BCUT2D eigenvalue weighted by Crippen LogP contribution is 2.24. The molecular formula is C13H8BrCl2NO. The molecule has 2 aromatic rings. The molecule has 0 N–H and O–H groups in total. The van der Waals surface area contributed by atoms with Gasteiger partial charge < -0.3 is 0 Å². The van der Waals surface area contributed by atoms with Gasteiger partial charge in [0.05, 0.1) is 5.02 Å². The minimum atomic E-state index is -0.0772. The van der Waals surface area contributed by atoms with Crippen LogP contribution in [0.4, 0.5) is 0 Å². The van der Waals surface area contributed by atoms with E-state index in [4.69, 9.17) is 23.2 Å². The third-order valence-corrected chi connectivity index (χ3v) is 3.59. The molecule has 5 heteroatoms. The van der Waals surface area contributed by atoms with Gasteiger partial charge in [-0.15, -0.1) is 0 Å². The zero-order valence-corrected chi connectivity index (χ0v) is 12.3. The molecule has 0 bridgehead atoms. The normalized spacial score (nSPS) is 10.4. The summed E-state index contributed by atoms with van der Waals surface area (Å²) in [6.07, 6.45) is 3.22. The second kappa shape index (κ2) is 5.83. The monoisotopic (exact) mass is 343 g/mol. The number of nitrogens with zero attached hydrogens (tertiary/aromatic N) is 1. The molecule has 0 aliphatic heterocycles. The second-order valence-corrected chi connectivity index (χ2v) is 5.42. The van der Waals surface area contributed by atoms with Crippen molar-refractivity contribution in [2.45, 2.75) is 6.42 Å². The number of aromatic nitrogens is 1. The number of hydrogen-bond donors (Lipinski definition) is 0. The van der Waals surface area contributed by atoms with E-state index in [1.807, 2.05) is 12.1 Å². The lowest BCUT2D eigenvalue weighted by molar-refractivity contribution is 0.0993. The van der Waals surface area contributed by atoms with Crippen LogP contribution in [0.2, 0.25) is 10.0 Å². The van der Waals surface area contributed by atoms with E-state index in [1.165, 1.54) is 6.20 Å². The van der Waals surface area contributed by atoms with E-state index in [2.05, 4.69) is 20.9 Å². The molecule has 2 rings (SSSR count). The smallest absolute Gasteiger partial charge is 0.168 e. The lowest BCUT2D eigenvalue weighted by Crippen LogP contribution is -2.05. The van der Waals surface area contributed by atoms with Gasteiger partial charge in [0.2, 0.25) is 0 Å². The maximum absolute atomic E-state index is 12.1. The molecule has 1 aromatic carbocycles. The van der Waals surface area contributed by atoms with Crippen LogP contribution in [0, 0.1) is 0 Å². The van der Waals surface area contributed by atoms with E-state index in [0.29, 0.717) is 15.6 Å². The Morgan fingerprint density at radius 1 is 1.22 bits per heavy atom. The van der Waals surface area contributed by atoms with Gasteiger partial charge in [0.1, 0.15) is 0 Å². The van der Waals surface area contributed by atoms with Gasteiger partial charge in [0.15, 0.2) is 5.78 Å². The topological polar surface area (TPSA) is 30.0 Å². The fraction of sp³-hybridized carbons (Fsp3) is 0.0769. The van der Waals surface area contributed by atoms with Gasteiger partial charge in [-0.25, -0.2) is 0 Å². The molecular weight excluding hydrogens is 337 g/mol. The van der Waals surface area contributed by atoms with Gasteiger partial charge in [0, 0.05) is 33.9 Å². The molecule has 0 spiro atoms. The Balaban J connectivity index is 2.24. The third-order valence-electron chi connectivity index (χ3n) is 2.44. The first-order chi connectivity index (χ1) is 8.58. The Morgan fingerprint density at radius 3 is 2.67 bits per heavy atom. The molecule has 1 aromatic heterocycles. The van der Waals surface area contributed by atoms with Crippen molar-refractivity contribution in [2.75, 3.05) is 0 Å². The summed E-state index contributed by atoms with van der Waals surface area (Å²) in [7, 11) is 0. The first-order valence-electron chi connectivity index (χ1n) is 5.14. The summed E-state index contributed by atoms with van der Waals surface area (Å²) in [4.78, 5) is 15.9. The van der Waals surface area contributed by atoms with Crippen LogP contribution in [0.3, 0.4) is 0 Å². The molecule has 18 heavy (non-hydrogen) atoms. The summed E-state index contributed by atoms with van der Waals surface area (Å²) in [5.74, 6) is -0.0772. The summed E-state index contributed by atoms with van der Waals surface area (Å²) in [6.45, 7) is 0. The van der Waals surface area contributed by atoms with Gasteiger partial charge in [-0.05, 0) is 23.8 Å². The Morgan fingerprint density at radius 2 is 2.00 bits per heavy atom. The Kier molecular flexibility index (Phi) is 4.38. The summed E-state index contributed by atoms with van der Waals surface area (Å²) < 4.78 is 0.880. The predicted molar refractivity (Wildman–Crippen MR) is 76.4 cm³/mol. The minimum absolute atomic E-state index is 0.0772. The average molecular weight is 345 g/mol. The molecule has 0 radical (unpaired) electrons. The van der Waals surface area contributed by atoms with Crippen molar-refractivity contribution in [3.8, 4) is 0 Å².